The lowest BCUT2D eigenvalue weighted by atomic mass is 10.2. The highest BCUT2D eigenvalue weighted by molar-refractivity contribution is 5.77. The molecule has 2 aromatic carbocycles. The van der Waals surface area contributed by atoms with Gasteiger partial charge in [0.2, 0.25) is 0 Å². The fraction of sp³-hybridized carbons (Fsp3) is 0.0714. The number of benzene rings is 2. The number of nitrogens with one attached hydrogen (secondary N) is 1. The summed E-state index contributed by atoms with van der Waals surface area (Å²) in [5.74, 6) is 0. The van der Waals surface area contributed by atoms with Gasteiger partial charge in [-0.3, -0.25) is 5.10 Å². The number of rotatable bonds is 0. The van der Waals surface area contributed by atoms with Crippen molar-refractivity contribution in [3.05, 3.63) is 66.4 Å². The zero-order valence-corrected chi connectivity index (χ0v) is 9.22. The van der Waals surface area contributed by atoms with Crippen molar-refractivity contribution in [2.75, 3.05) is 0 Å². The van der Waals surface area contributed by atoms with Crippen LogP contribution >= 0.6 is 0 Å². The molecule has 0 spiro atoms. The Balaban J connectivity index is 0.000000125. The molecule has 0 saturated heterocycles. The van der Waals surface area contributed by atoms with Crippen molar-refractivity contribution in [3.63, 3.8) is 0 Å². The minimum absolute atomic E-state index is 1.09. The normalized spacial score (nSPS) is 9.56. The van der Waals surface area contributed by atoms with Gasteiger partial charge in [0.05, 0.1) is 11.7 Å². The van der Waals surface area contributed by atoms with E-state index in [9.17, 15) is 0 Å². The van der Waals surface area contributed by atoms with Crippen LogP contribution in [0.4, 0.5) is 0 Å². The Hall–Kier alpha value is -2.09. The van der Waals surface area contributed by atoms with Crippen molar-refractivity contribution in [3.8, 4) is 0 Å². The third-order valence-electron chi connectivity index (χ3n) is 2.29. The van der Waals surface area contributed by atoms with Gasteiger partial charge in [0.1, 0.15) is 0 Å². The standard InChI is InChI=1S/C7H6N2.C7H8/c1-2-4-7-6(3-1)5-8-9-7;1-7-5-3-2-4-6-7/h1-5H,(H,8,9);2-6H,1H3. The second kappa shape index (κ2) is 5.12. The molecule has 1 aromatic heterocycles. The summed E-state index contributed by atoms with van der Waals surface area (Å²) < 4.78 is 0. The van der Waals surface area contributed by atoms with Crippen LogP contribution in [0.25, 0.3) is 10.9 Å². The minimum atomic E-state index is 1.09. The molecule has 0 aliphatic heterocycles. The van der Waals surface area contributed by atoms with Gasteiger partial charge < -0.3 is 0 Å². The molecule has 80 valence electrons. The van der Waals surface area contributed by atoms with Crippen LogP contribution in [0.3, 0.4) is 0 Å². The maximum absolute atomic E-state index is 3.88. The van der Waals surface area contributed by atoms with Gasteiger partial charge in [-0.15, -0.1) is 0 Å². The first-order valence-corrected chi connectivity index (χ1v) is 5.26. The molecule has 2 nitrogen and oxygen atoms in total. The number of aromatic amines is 1. The average molecular weight is 210 g/mol. The summed E-state index contributed by atoms with van der Waals surface area (Å²) in [4.78, 5) is 0. The van der Waals surface area contributed by atoms with Gasteiger partial charge in [-0.1, -0.05) is 54.1 Å². The SMILES string of the molecule is Cc1ccccc1.c1ccc2[nH]ncc2c1. The summed E-state index contributed by atoms with van der Waals surface area (Å²) in [6.07, 6.45) is 1.81. The van der Waals surface area contributed by atoms with Crippen molar-refractivity contribution in [2.24, 2.45) is 0 Å². The number of hydrogen-bond acceptors (Lipinski definition) is 1. The molecule has 1 N–H and O–H groups in total. The summed E-state index contributed by atoms with van der Waals surface area (Å²) in [6, 6.07) is 18.3. The van der Waals surface area contributed by atoms with Gasteiger partial charge >= 0.3 is 0 Å². The van der Waals surface area contributed by atoms with Gasteiger partial charge in [0.25, 0.3) is 0 Å². The van der Waals surface area contributed by atoms with Crippen molar-refractivity contribution in [2.45, 2.75) is 6.92 Å². The van der Waals surface area contributed by atoms with Crippen molar-refractivity contribution < 1.29 is 0 Å². The van der Waals surface area contributed by atoms with E-state index >= 15 is 0 Å². The molecule has 1 heterocycles. The molecule has 0 unspecified atom stereocenters. The molecule has 0 amide bonds. The predicted molar refractivity (Wildman–Crippen MR) is 67.3 cm³/mol. The lowest BCUT2D eigenvalue weighted by Gasteiger charge is -1.82. The van der Waals surface area contributed by atoms with Crippen molar-refractivity contribution >= 4 is 10.9 Å². The summed E-state index contributed by atoms with van der Waals surface area (Å²) >= 11 is 0. The summed E-state index contributed by atoms with van der Waals surface area (Å²) in [5.41, 5.74) is 2.42. The largest absolute Gasteiger partial charge is 0.278 e. The molecule has 0 radical (unpaired) electrons. The van der Waals surface area contributed by atoms with Gasteiger partial charge in [0, 0.05) is 5.39 Å². The number of fused-ring (bicyclic) bond motifs is 1. The number of aryl methyl sites for hydroxylation is 1. The molecule has 3 rings (SSSR count). The Morgan fingerprint density at radius 2 is 1.56 bits per heavy atom. The first-order chi connectivity index (χ1) is 7.86. The van der Waals surface area contributed by atoms with E-state index in [0.717, 1.165) is 10.9 Å². The Kier molecular flexibility index (Phi) is 3.34. The van der Waals surface area contributed by atoms with E-state index in [0.29, 0.717) is 0 Å². The molecular formula is C14H14N2. The van der Waals surface area contributed by atoms with E-state index in [1.54, 1.807) is 0 Å². The van der Waals surface area contributed by atoms with E-state index in [1.807, 2.05) is 48.7 Å². The van der Waals surface area contributed by atoms with Crippen LogP contribution in [-0.4, -0.2) is 10.2 Å². The Morgan fingerprint density at radius 1 is 0.875 bits per heavy atom. The molecule has 3 aromatic rings. The number of hydrogen-bond donors (Lipinski definition) is 1. The summed E-state index contributed by atoms with van der Waals surface area (Å²) in [7, 11) is 0. The third kappa shape index (κ3) is 2.70. The zero-order valence-electron chi connectivity index (χ0n) is 9.22. The van der Waals surface area contributed by atoms with Crippen LogP contribution in [0, 0.1) is 6.92 Å². The van der Waals surface area contributed by atoms with Crippen LogP contribution in [-0.2, 0) is 0 Å². The van der Waals surface area contributed by atoms with E-state index < -0.39 is 0 Å². The molecular weight excluding hydrogens is 196 g/mol. The molecule has 16 heavy (non-hydrogen) atoms. The second-order valence-corrected chi connectivity index (χ2v) is 3.61. The van der Waals surface area contributed by atoms with Crippen LogP contribution in [0.15, 0.2) is 60.8 Å². The van der Waals surface area contributed by atoms with E-state index in [1.165, 1.54) is 5.56 Å². The highest BCUT2D eigenvalue weighted by atomic mass is 15.1. The molecule has 2 heteroatoms. The third-order valence-corrected chi connectivity index (χ3v) is 2.29. The number of para-hydroxylation sites is 1. The fourth-order valence-corrected chi connectivity index (χ4v) is 1.42. The number of nitrogens with zero attached hydrogens (tertiary/aromatic N) is 1. The maximum atomic E-state index is 3.88. The fourth-order valence-electron chi connectivity index (χ4n) is 1.42. The summed E-state index contributed by atoms with van der Waals surface area (Å²) in [6.45, 7) is 2.08. The van der Waals surface area contributed by atoms with Gasteiger partial charge in [-0.2, -0.15) is 5.10 Å². The highest BCUT2D eigenvalue weighted by Crippen LogP contribution is 2.06. The lowest BCUT2D eigenvalue weighted by molar-refractivity contribution is 1.12. The van der Waals surface area contributed by atoms with E-state index in [-0.39, 0.29) is 0 Å². The highest BCUT2D eigenvalue weighted by Gasteiger charge is 1.88. The first-order valence-electron chi connectivity index (χ1n) is 5.26. The molecule has 0 bridgehead atoms. The van der Waals surface area contributed by atoms with Gasteiger partial charge in [-0.25, -0.2) is 0 Å². The lowest BCUT2D eigenvalue weighted by Crippen LogP contribution is -1.63. The molecule has 0 fully saturated rings. The minimum Gasteiger partial charge on any atom is -0.278 e. The van der Waals surface area contributed by atoms with E-state index in [4.69, 9.17) is 0 Å². The monoisotopic (exact) mass is 210 g/mol. The van der Waals surface area contributed by atoms with E-state index in [2.05, 4.69) is 29.3 Å². The molecule has 0 aliphatic carbocycles. The maximum Gasteiger partial charge on any atom is 0.0650 e. The molecule has 0 saturated carbocycles. The first kappa shape index (κ1) is 10.4. The second-order valence-electron chi connectivity index (χ2n) is 3.61. The van der Waals surface area contributed by atoms with Gasteiger partial charge in [-0.05, 0) is 13.0 Å². The van der Waals surface area contributed by atoms with Crippen molar-refractivity contribution in [1.29, 1.82) is 0 Å². The van der Waals surface area contributed by atoms with Crippen LogP contribution < -0.4 is 0 Å². The van der Waals surface area contributed by atoms with Crippen molar-refractivity contribution in [1.82, 2.24) is 10.2 Å². The topological polar surface area (TPSA) is 28.7 Å². The van der Waals surface area contributed by atoms with Crippen LogP contribution in [0.5, 0.6) is 0 Å². The van der Waals surface area contributed by atoms with Crippen LogP contribution in [0.1, 0.15) is 5.56 Å². The smallest absolute Gasteiger partial charge is 0.0650 e. The quantitative estimate of drug-likeness (QED) is 0.604. The predicted octanol–water partition coefficient (Wildman–Crippen LogP) is 3.56. The molecule has 0 aliphatic rings. The Labute approximate surface area is 94.9 Å². The summed E-state index contributed by atoms with van der Waals surface area (Å²) in [5, 5.41) is 7.91. The van der Waals surface area contributed by atoms with Crippen LogP contribution in [0.2, 0.25) is 0 Å². The number of H-pyrrole nitrogens is 1. The molecule has 0 atom stereocenters. The average Bonchev–Trinajstić information content (AvgIpc) is 2.79. The number of aromatic nitrogens is 2. The Bertz CT molecular complexity index is 510. The van der Waals surface area contributed by atoms with Gasteiger partial charge in [0.15, 0.2) is 0 Å². The zero-order chi connectivity index (χ0) is 11.2. The Morgan fingerprint density at radius 3 is 2.19 bits per heavy atom.